The number of hydrogen-bond acceptors (Lipinski definition) is 7. The number of carbonyl (C=O) groups is 1. The van der Waals surface area contributed by atoms with Crippen LogP contribution in [-0.4, -0.2) is 30.8 Å². The van der Waals surface area contributed by atoms with Crippen LogP contribution in [-0.2, 0) is 0 Å². The number of non-ortho nitro benzene ring substituents is 1. The van der Waals surface area contributed by atoms with E-state index < -0.39 is 10.8 Å². The maximum Gasteiger partial charge on any atom is 0.270 e. The summed E-state index contributed by atoms with van der Waals surface area (Å²) in [5.74, 6) is 0.884. The summed E-state index contributed by atoms with van der Waals surface area (Å²) in [5.41, 5.74) is 2.26. The molecule has 4 aromatic rings. The Morgan fingerprint density at radius 1 is 1.06 bits per heavy atom. The van der Waals surface area contributed by atoms with Crippen molar-refractivity contribution in [1.82, 2.24) is 20.0 Å². The molecule has 2 heterocycles. The van der Waals surface area contributed by atoms with E-state index in [-0.39, 0.29) is 16.3 Å². The predicted molar refractivity (Wildman–Crippen MR) is 121 cm³/mol. The highest BCUT2D eigenvalue weighted by Crippen LogP contribution is 2.25. The fraction of sp³-hybridized carbons (Fsp3) is 0.0909. The van der Waals surface area contributed by atoms with Gasteiger partial charge in [0, 0.05) is 29.6 Å². The van der Waals surface area contributed by atoms with Crippen LogP contribution in [0, 0.1) is 24.0 Å². The number of aryl methyl sites for hydroxylation is 2. The van der Waals surface area contributed by atoms with E-state index in [2.05, 4.69) is 20.6 Å². The zero-order chi connectivity index (χ0) is 23.5. The molecule has 33 heavy (non-hydrogen) atoms. The first-order chi connectivity index (χ1) is 15.8. The minimum atomic E-state index is -0.580. The smallest absolute Gasteiger partial charge is 0.270 e. The maximum atomic E-state index is 12.4. The molecule has 2 aromatic heterocycles. The number of carbonyl (C=O) groups excluding carboxylic acids is 1. The molecule has 0 aliphatic heterocycles. The van der Waals surface area contributed by atoms with E-state index in [1.165, 1.54) is 12.1 Å². The average Bonchev–Trinajstić information content (AvgIpc) is 3.13. The molecule has 2 aromatic carbocycles. The Labute approximate surface area is 192 Å². The van der Waals surface area contributed by atoms with Gasteiger partial charge in [-0.1, -0.05) is 11.6 Å². The van der Waals surface area contributed by atoms with E-state index in [9.17, 15) is 14.9 Å². The molecule has 0 unspecified atom stereocenters. The Bertz CT molecular complexity index is 1340. The van der Waals surface area contributed by atoms with Crippen LogP contribution in [0.1, 0.15) is 21.7 Å². The largest absolute Gasteiger partial charge is 0.438 e. The van der Waals surface area contributed by atoms with E-state index in [1.807, 2.05) is 19.9 Å². The lowest BCUT2D eigenvalue weighted by Gasteiger charge is -2.09. The summed E-state index contributed by atoms with van der Waals surface area (Å²) in [7, 11) is 0. The Morgan fingerprint density at radius 3 is 2.39 bits per heavy atom. The van der Waals surface area contributed by atoms with Crippen molar-refractivity contribution >= 4 is 28.9 Å². The van der Waals surface area contributed by atoms with E-state index in [0.29, 0.717) is 23.1 Å². The van der Waals surface area contributed by atoms with Gasteiger partial charge >= 0.3 is 0 Å². The van der Waals surface area contributed by atoms with E-state index in [4.69, 9.17) is 16.3 Å². The molecule has 1 N–H and O–H groups in total. The molecule has 0 atom stereocenters. The second-order valence-electron chi connectivity index (χ2n) is 7.07. The molecule has 0 saturated carbocycles. The van der Waals surface area contributed by atoms with Gasteiger partial charge in [0.2, 0.25) is 5.88 Å². The third-order valence-corrected chi connectivity index (χ3v) is 4.91. The number of aromatic nitrogens is 4. The molecule has 1 amide bonds. The lowest BCUT2D eigenvalue weighted by atomic mass is 10.2. The Hall–Kier alpha value is -4.31. The van der Waals surface area contributed by atoms with Crippen LogP contribution in [0.5, 0.6) is 11.6 Å². The van der Waals surface area contributed by atoms with Gasteiger partial charge in [0.05, 0.1) is 21.2 Å². The summed E-state index contributed by atoms with van der Waals surface area (Å²) >= 11 is 6.01. The molecule has 0 aliphatic carbocycles. The van der Waals surface area contributed by atoms with Crippen LogP contribution in [0.2, 0.25) is 5.02 Å². The van der Waals surface area contributed by atoms with Crippen molar-refractivity contribution in [2.24, 2.45) is 0 Å². The number of benzene rings is 2. The lowest BCUT2D eigenvalue weighted by Crippen LogP contribution is -2.12. The van der Waals surface area contributed by atoms with Crippen molar-refractivity contribution in [3.05, 3.63) is 92.8 Å². The molecule has 11 heteroatoms. The van der Waals surface area contributed by atoms with Gasteiger partial charge in [-0.25, -0.2) is 4.68 Å². The molecular formula is C22H17ClN6O4. The van der Waals surface area contributed by atoms with E-state index >= 15 is 0 Å². The number of halogens is 1. The van der Waals surface area contributed by atoms with Gasteiger partial charge in [-0.3, -0.25) is 14.9 Å². The van der Waals surface area contributed by atoms with Crippen LogP contribution in [0.3, 0.4) is 0 Å². The Kier molecular flexibility index (Phi) is 6.01. The van der Waals surface area contributed by atoms with E-state index in [1.54, 1.807) is 41.1 Å². The molecule has 0 fully saturated rings. The minimum absolute atomic E-state index is 0.0101. The Morgan fingerprint density at radius 2 is 1.82 bits per heavy atom. The fourth-order valence-electron chi connectivity index (χ4n) is 3.07. The third kappa shape index (κ3) is 4.96. The van der Waals surface area contributed by atoms with Crippen LogP contribution in [0.25, 0.3) is 5.82 Å². The highest BCUT2D eigenvalue weighted by Gasteiger charge is 2.15. The van der Waals surface area contributed by atoms with Gasteiger partial charge in [0.1, 0.15) is 5.75 Å². The Balaban J connectivity index is 1.41. The third-order valence-electron chi connectivity index (χ3n) is 4.60. The van der Waals surface area contributed by atoms with Gasteiger partial charge in [-0.2, -0.15) is 5.10 Å². The molecule has 0 saturated heterocycles. The van der Waals surface area contributed by atoms with E-state index in [0.717, 1.165) is 17.5 Å². The van der Waals surface area contributed by atoms with Gasteiger partial charge in [-0.15, -0.1) is 10.2 Å². The SMILES string of the molecule is Cc1cc(C)n(-c2ccc(Oc3ccc(NC(=O)c4ccc([N+](=O)[O-])cc4Cl)cc3)nn2)n1. The van der Waals surface area contributed by atoms with Gasteiger partial charge in [-0.05, 0) is 56.3 Å². The molecule has 0 aliphatic rings. The average molecular weight is 465 g/mol. The standard InChI is InChI=1S/C22H17ClN6O4/c1-13-11-14(2)28(27-13)20-9-10-21(26-25-20)33-17-6-3-15(4-7-17)24-22(30)18-8-5-16(29(31)32)12-19(18)23/h3-12H,1-2H3,(H,24,30). The van der Waals surface area contributed by atoms with Crippen LogP contribution >= 0.6 is 11.6 Å². The summed E-state index contributed by atoms with van der Waals surface area (Å²) in [4.78, 5) is 22.7. The number of nitro benzene ring substituents is 1. The molecule has 10 nitrogen and oxygen atoms in total. The second kappa shape index (κ2) is 9.05. The van der Waals surface area contributed by atoms with Crippen molar-refractivity contribution in [2.75, 3.05) is 5.32 Å². The predicted octanol–water partition coefficient (Wildman–Crippen LogP) is 4.89. The van der Waals surface area contributed by atoms with Crippen molar-refractivity contribution in [3.8, 4) is 17.4 Å². The highest BCUT2D eigenvalue weighted by molar-refractivity contribution is 6.34. The second-order valence-corrected chi connectivity index (χ2v) is 7.48. The zero-order valence-electron chi connectivity index (χ0n) is 17.5. The van der Waals surface area contributed by atoms with Gasteiger partial charge < -0.3 is 10.1 Å². The van der Waals surface area contributed by atoms with Crippen LogP contribution in [0.15, 0.2) is 60.7 Å². The molecule has 0 bridgehead atoms. The summed E-state index contributed by atoms with van der Waals surface area (Å²) in [6.07, 6.45) is 0. The lowest BCUT2D eigenvalue weighted by molar-refractivity contribution is -0.384. The van der Waals surface area contributed by atoms with Gasteiger partial charge in [0.15, 0.2) is 5.82 Å². The number of nitro groups is 1. The van der Waals surface area contributed by atoms with Crippen molar-refractivity contribution in [1.29, 1.82) is 0 Å². The number of anilines is 1. The molecular weight excluding hydrogens is 448 g/mol. The number of amides is 1. The number of nitrogens with one attached hydrogen (secondary N) is 1. The minimum Gasteiger partial charge on any atom is -0.438 e. The van der Waals surface area contributed by atoms with Crippen LogP contribution in [0.4, 0.5) is 11.4 Å². The number of nitrogens with zero attached hydrogens (tertiary/aromatic N) is 5. The summed E-state index contributed by atoms with van der Waals surface area (Å²) in [5, 5.41) is 26.1. The molecule has 0 spiro atoms. The summed E-state index contributed by atoms with van der Waals surface area (Å²) < 4.78 is 7.40. The molecule has 166 valence electrons. The van der Waals surface area contributed by atoms with Crippen molar-refractivity contribution in [3.63, 3.8) is 0 Å². The first-order valence-electron chi connectivity index (χ1n) is 9.71. The summed E-state index contributed by atoms with van der Waals surface area (Å²) in [6.45, 7) is 3.84. The van der Waals surface area contributed by atoms with Crippen molar-refractivity contribution in [2.45, 2.75) is 13.8 Å². The fourth-order valence-corrected chi connectivity index (χ4v) is 3.33. The first kappa shape index (κ1) is 21.9. The normalized spacial score (nSPS) is 10.6. The number of ether oxygens (including phenoxy) is 1. The molecule has 0 radical (unpaired) electrons. The number of hydrogen-bond donors (Lipinski definition) is 1. The number of rotatable bonds is 6. The highest BCUT2D eigenvalue weighted by atomic mass is 35.5. The molecule has 4 rings (SSSR count). The van der Waals surface area contributed by atoms with Crippen molar-refractivity contribution < 1.29 is 14.5 Å². The summed E-state index contributed by atoms with van der Waals surface area (Å²) in [6, 6.07) is 15.6. The van der Waals surface area contributed by atoms with Crippen LogP contribution < -0.4 is 10.1 Å². The topological polar surface area (TPSA) is 125 Å². The first-order valence-corrected chi connectivity index (χ1v) is 10.1. The zero-order valence-corrected chi connectivity index (χ0v) is 18.3. The maximum absolute atomic E-state index is 12.4. The quantitative estimate of drug-likeness (QED) is 0.318. The van der Waals surface area contributed by atoms with Gasteiger partial charge in [0.25, 0.3) is 11.6 Å². The monoisotopic (exact) mass is 464 g/mol.